The fraction of sp³-hybridized carbons (Fsp3) is 0.538. The molecule has 18 heavy (non-hydrogen) atoms. The summed E-state index contributed by atoms with van der Waals surface area (Å²) in [6.45, 7) is 2.45. The number of benzene rings is 1. The van der Waals surface area contributed by atoms with Gasteiger partial charge in [-0.05, 0) is 19.2 Å². The van der Waals surface area contributed by atoms with Crippen LogP contribution in [0.15, 0.2) is 24.3 Å². The molecule has 5 heteroatoms. The molecule has 0 aromatic heterocycles. The van der Waals surface area contributed by atoms with E-state index in [1.807, 2.05) is 31.3 Å². The van der Waals surface area contributed by atoms with Crippen molar-refractivity contribution in [2.45, 2.75) is 6.10 Å². The summed E-state index contributed by atoms with van der Waals surface area (Å²) in [5.41, 5.74) is 0. The molecule has 0 aliphatic heterocycles. The first-order valence-corrected chi connectivity index (χ1v) is 6.07. The third kappa shape index (κ3) is 5.35. The standard InChI is InChI=1S/C13H22N2O3/c1-14-7-8-15-9-11(16)10-18-13-6-4-3-5-12(13)17-2/h3-6,11,14-16H,7-10H2,1-2H3. The van der Waals surface area contributed by atoms with Gasteiger partial charge in [-0.25, -0.2) is 0 Å². The highest BCUT2D eigenvalue weighted by molar-refractivity contribution is 5.39. The molecule has 0 bridgehead atoms. The first kappa shape index (κ1) is 14.8. The van der Waals surface area contributed by atoms with E-state index in [2.05, 4.69) is 10.6 Å². The summed E-state index contributed by atoms with van der Waals surface area (Å²) in [4.78, 5) is 0. The van der Waals surface area contributed by atoms with Crippen LogP contribution < -0.4 is 20.1 Å². The van der Waals surface area contributed by atoms with Crippen LogP contribution in [0.25, 0.3) is 0 Å². The Balaban J connectivity index is 2.26. The molecule has 0 fully saturated rings. The molecule has 0 heterocycles. The zero-order valence-electron chi connectivity index (χ0n) is 11.0. The molecular weight excluding hydrogens is 232 g/mol. The van der Waals surface area contributed by atoms with Gasteiger partial charge in [0.15, 0.2) is 11.5 Å². The number of ether oxygens (including phenoxy) is 2. The zero-order chi connectivity index (χ0) is 13.2. The third-order valence-electron chi connectivity index (χ3n) is 2.43. The third-order valence-corrected chi connectivity index (χ3v) is 2.43. The van der Waals surface area contributed by atoms with Crippen molar-refractivity contribution in [1.82, 2.24) is 10.6 Å². The number of nitrogens with one attached hydrogen (secondary N) is 2. The summed E-state index contributed by atoms with van der Waals surface area (Å²) in [5.74, 6) is 1.32. The Labute approximate surface area is 108 Å². The van der Waals surface area contributed by atoms with Crippen LogP contribution in [0.4, 0.5) is 0 Å². The number of aliphatic hydroxyl groups is 1. The van der Waals surface area contributed by atoms with Crippen molar-refractivity contribution in [2.24, 2.45) is 0 Å². The monoisotopic (exact) mass is 254 g/mol. The van der Waals surface area contributed by atoms with Crippen LogP contribution in [0.2, 0.25) is 0 Å². The van der Waals surface area contributed by atoms with Crippen LogP contribution in [0, 0.1) is 0 Å². The molecule has 5 nitrogen and oxygen atoms in total. The summed E-state index contributed by atoms with van der Waals surface area (Å²) in [5, 5.41) is 15.9. The minimum absolute atomic E-state index is 0.243. The predicted molar refractivity (Wildman–Crippen MR) is 71.3 cm³/mol. The molecule has 0 spiro atoms. The topological polar surface area (TPSA) is 62.8 Å². The van der Waals surface area contributed by atoms with Gasteiger partial charge >= 0.3 is 0 Å². The molecule has 0 radical (unpaired) electrons. The van der Waals surface area contributed by atoms with Gasteiger partial charge in [0.2, 0.25) is 0 Å². The van der Waals surface area contributed by atoms with Crippen LogP contribution in [0.5, 0.6) is 11.5 Å². The molecule has 1 unspecified atom stereocenters. The average Bonchev–Trinajstić information content (AvgIpc) is 2.41. The molecule has 1 aromatic rings. The first-order valence-electron chi connectivity index (χ1n) is 6.07. The van der Waals surface area contributed by atoms with Gasteiger partial charge in [0.1, 0.15) is 12.7 Å². The lowest BCUT2D eigenvalue weighted by molar-refractivity contribution is 0.105. The van der Waals surface area contributed by atoms with Gasteiger partial charge in [-0.1, -0.05) is 12.1 Å². The van der Waals surface area contributed by atoms with Crippen LogP contribution in [-0.4, -0.2) is 51.6 Å². The van der Waals surface area contributed by atoms with E-state index in [0.29, 0.717) is 18.0 Å². The number of aliphatic hydroxyl groups excluding tert-OH is 1. The Morgan fingerprint density at radius 2 is 1.94 bits per heavy atom. The molecule has 0 amide bonds. The minimum Gasteiger partial charge on any atom is -0.493 e. The molecule has 0 saturated carbocycles. The van der Waals surface area contributed by atoms with E-state index < -0.39 is 6.10 Å². The number of para-hydroxylation sites is 2. The van der Waals surface area contributed by atoms with Gasteiger partial charge in [-0.15, -0.1) is 0 Å². The van der Waals surface area contributed by atoms with Gasteiger partial charge < -0.3 is 25.2 Å². The maximum atomic E-state index is 9.72. The van der Waals surface area contributed by atoms with E-state index in [1.54, 1.807) is 7.11 Å². The van der Waals surface area contributed by atoms with E-state index in [1.165, 1.54) is 0 Å². The molecule has 1 atom stereocenters. The fourth-order valence-electron chi connectivity index (χ4n) is 1.47. The van der Waals surface area contributed by atoms with Crippen molar-refractivity contribution in [2.75, 3.05) is 40.4 Å². The second-order valence-corrected chi connectivity index (χ2v) is 3.92. The normalized spacial score (nSPS) is 12.2. The molecule has 1 aromatic carbocycles. The fourth-order valence-corrected chi connectivity index (χ4v) is 1.47. The number of hydrogen-bond acceptors (Lipinski definition) is 5. The van der Waals surface area contributed by atoms with Crippen molar-refractivity contribution < 1.29 is 14.6 Å². The Kier molecular flexibility index (Phi) is 7.17. The average molecular weight is 254 g/mol. The maximum Gasteiger partial charge on any atom is 0.161 e. The number of rotatable bonds is 9. The summed E-state index contributed by atoms with van der Waals surface area (Å²) in [7, 11) is 3.49. The van der Waals surface area contributed by atoms with E-state index in [9.17, 15) is 5.11 Å². The largest absolute Gasteiger partial charge is 0.493 e. The second kappa shape index (κ2) is 8.74. The summed E-state index contributed by atoms with van der Waals surface area (Å²) in [6.07, 6.45) is -0.535. The van der Waals surface area contributed by atoms with Gasteiger partial charge in [-0.3, -0.25) is 0 Å². The first-order chi connectivity index (χ1) is 8.77. The molecule has 1 rings (SSSR count). The Bertz CT molecular complexity index is 334. The van der Waals surface area contributed by atoms with Crippen molar-refractivity contribution in [3.05, 3.63) is 24.3 Å². The van der Waals surface area contributed by atoms with Gasteiger partial charge in [0.05, 0.1) is 7.11 Å². The van der Waals surface area contributed by atoms with E-state index in [0.717, 1.165) is 13.1 Å². The molecule has 0 aliphatic carbocycles. The van der Waals surface area contributed by atoms with E-state index in [-0.39, 0.29) is 6.61 Å². The molecule has 3 N–H and O–H groups in total. The Hall–Kier alpha value is -1.30. The molecular formula is C13H22N2O3. The van der Waals surface area contributed by atoms with Crippen LogP contribution in [-0.2, 0) is 0 Å². The lowest BCUT2D eigenvalue weighted by atomic mass is 10.3. The summed E-state index contributed by atoms with van der Waals surface area (Å²) in [6, 6.07) is 7.39. The Morgan fingerprint density at radius 3 is 2.61 bits per heavy atom. The highest BCUT2D eigenvalue weighted by Gasteiger charge is 2.07. The van der Waals surface area contributed by atoms with Crippen LogP contribution >= 0.6 is 0 Å². The molecule has 102 valence electrons. The molecule has 0 aliphatic rings. The summed E-state index contributed by atoms with van der Waals surface area (Å²) >= 11 is 0. The van der Waals surface area contributed by atoms with Crippen LogP contribution in [0.3, 0.4) is 0 Å². The molecule has 0 saturated heterocycles. The van der Waals surface area contributed by atoms with Crippen molar-refractivity contribution in [3.8, 4) is 11.5 Å². The number of hydrogen-bond donors (Lipinski definition) is 3. The lowest BCUT2D eigenvalue weighted by Crippen LogP contribution is -2.34. The second-order valence-electron chi connectivity index (χ2n) is 3.92. The smallest absolute Gasteiger partial charge is 0.161 e. The van der Waals surface area contributed by atoms with Crippen LogP contribution in [0.1, 0.15) is 0 Å². The predicted octanol–water partition coefficient (Wildman–Crippen LogP) is 0.244. The van der Waals surface area contributed by atoms with Crippen molar-refractivity contribution >= 4 is 0 Å². The zero-order valence-corrected chi connectivity index (χ0v) is 11.0. The summed E-state index contributed by atoms with van der Waals surface area (Å²) < 4.78 is 10.7. The number of likely N-dealkylation sites (N-methyl/N-ethyl adjacent to an activating group) is 1. The highest BCUT2D eigenvalue weighted by Crippen LogP contribution is 2.25. The van der Waals surface area contributed by atoms with Gasteiger partial charge in [0.25, 0.3) is 0 Å². The van der Waals surface area contributed by atoms with Gasteiger partial charge in [0, 0.05) is 19.6 Å². The minimum atomic E-state index is -0.535. The van der Waals surface area contributed by atoms with Crippen molar-refractivity contribution in [3.63, 3.8) is 0 Å². The Morgan fingerprint density at radius 1 is 1.22 bits per heavy atom. The van der Waals surface area contributed by atoms with E-state index >= 15 is 0 Å². The maximum absolute atomic E-state index is 9.72. The van der Waals surface area contributed by atoms with Crippen molar-refractivity contribution in [1.29, 1.82) is 0 Å². The van der Waals surface area contributed by atoms with E-state index in [4.69, 9.17) is 9.47 Å². The lowest BCUT2D eigenvalue weighted by Gasteiger charge is -2.14. The quantitative estimate of drug-likeness (QED) is 0.551. The number of methoxy groups -OCH3 is 1. The SMILES string of the molecule is CNCCNCC(O)COc1ccccc1OC. The highest BCUT2D eigenvalue weighted by atomic mass is 16.5. The van der Waals surface area contributed by atoms with Gasteiger partial charge in [-0.2, -0.15) is 0 Å².